The number of nitrogens with one attached hydrogen (secondary N) is 1. The summed E-state index contributed by atoms with van der Waals surface area (Å²) in [6, 6.07) is 16.3. The number of amides is 1. The number of carbonyl (C=O) groups is 3. The Morgan fingerprint density at radius 3 is 2.06 bits per heavy atom. The van der Waals surface area contributed by atoms with Crippen LogP contribution in [-0.4, -0.2) is 43.4 Å². The molecule has 1 spiro atoms. The van der Waals surface area contributed by atoms with Gasteiger partial charge in [0.15, 0.2) is 0 Å². The second kappa shape index (κ2) is 8.36. The summed E-state index contributed by atoms with van der Waals surface area (Å²) in [5.74, 6) is -1.53. The van der Waals surface area contributed by atoms with E-state index in [1.165, 1.54) is 0 Å². The van der Waals surface area contributed by atoms with E-state index >= 15 is 0 Å². The molecule has 0 aliphatic heterocycles. The lowest BCUT2D eigenvalue weighted by Gasteiger charge is -2.32. The maximum absolute atomic E-state index is 13.3. The molecular weight excluding hydrogens is 458 g/mol. The molecule has 0 saturated heterocycles. The van der Waals surface area contributed by atoms with Crippen LogP contribution in [0.1, 0.15) is 50.2 Å². The van der Waals surface area contributed by atoms with Gasteiger partial charge in [0, 0.05) is 11.8 Å². The fourth-order valence-corrected chi connectivity index (χ4v) is 7.14. The monoisotopic (exact) mass is 489 g/mol. The lowest BCUT2D eigenvalue weighted by molar-refractivity contribution is -0.153. The fourth-order valence-electron chi connectivity index (χ4n) is 7.14. The number of rotatable bonds is 7. The van der Waals surface area contributed by atoms with Crippen molar-refractivity contribution in [3.63, 3.8) is 0 Å². The van der Waals surface area contributed by atoms with Crippen LogP contribution in [0.15, 0.2) is 48.5 Å². The third kappa shape index (κ3) is 3.35. The normalized spacial score (nSPS) is 28.0. The van der Waals surface area contributed by atoms with Crippen LogP contribution in [0, 0.1) is 23.2 Å². The standard InChI is InChI=1S/C29H31NO6/c1-3-34-25(31)22-23-24(22)29(26(32)35-4-2,16-28(23)13-14-28)30-27(33)36-15-21-19-11-7-5-9-17(19)18-10-6-8-12-20(18)21/h5-12,21-24H,3-4,13-16H2,1-2H3,(H,30,33)/t22-,23-,24+,29-/m0/s1. The largest absolute Gasteiger partial charge is 0.466 e. The number of ether oxygens (including phenoxy) is 3. The van der Waals surface area contributed by atoms with Crippen LogP contribution in [0.5, 0.6) is 0 Å². The van der Waals surface area contributed by atoms with Crippen molar-refractivity contribution in [1.29, 1.82) is 0 Å². The van der Waals surface area contributed by atoms with Crippen LogP contribution in [0.2, 0.25) is 0 Å². The van der Waals surface area contributed by atoms with Gasteiger partial charge < -0.3 is 19.5 Å². The Balaban J connectivity index is 1.23. The number of esters is 2. The average Bonchev–Trinajstić information content (AvgIpc) is 3.76. The molecule has 0 aromatic heterocycles. The molecule has 4 aliphatic rings. The number of fused-ring (bicyclic) bond motifs is 5. The van der Waals surface area contributed by atoms with Crippen LogP contribution in [0.3, 0.4) is 0 Å². The SMILES string of the molecule is CCOC(=O)[C@H]1[C@H]2[C@@H]1[C@](NC(=O)OCC1c3ccccc3-c3ccccc31)(C(=O)OCC)CC21CC1. The van der Waals surface area contributed by atoms with Crippen molar-refractivity contribution >= 4 is 18.0 Å². The van der Waals surface area contributed by atoms with Crippen LogP contribution in [0.4, 0.5) is 4.79 Å². The summed E-state index contributed by atoms with van der Waals surface area (Å²) in [7, 11) is 0. The van der Waals surface area contributed by atoms with Gasteiger partial charge in [0.25, 0.3) is 0 Å². The predicted molar refractivity (Wildman–Crippen MR) is 131 cm³/mol. The molecule has 0 heterocycles. The summed E-state index contributed by atoms with van der Waals surface area (Å²) < 4.78 is 16.5. The van der Waals surface area contributed by atoms with Gasteiger partial charge in [0.1, 0.15) is 12.1 Å². The predicted octanol–water partition coefficient (Wildman–Crippen LogP) is 4.44. The summed E-state index contributed by atoms with van der Waals surface area (Å²) in [4.78, 5) is 39.3. The summed E-state index contributed by atoms with van der Waals surface area (Å²) in [6.07, 6.45) is 1.71. The van der Waals surface area contributed by atoms with Gasteiger partial charge in [-0.15, -0.1) is 0 Å². The Labute approximate surface area is 210 Å². The zero-order valence-corrected chi connectivity index (χ0v) is 20.6. The van der Waals surface area contributed by atoms with E-state index in [-0.39, 0.29) is 54.9 Å². The summed E-state index contributed by atoms with van der Waals surface area (Å²) >= 11 is 0. The molecule has 4 aliphatic carbocycles. The van der Waals surface area contributed by atoms with E-state index in [1.807, 2.05) is 24.3 Å². The molecule has 4 atom stereocenters. The molecule has 0 radical (unpaired) electrons. The van der Waals surface area contributed by atoms with Gasteiger partial charge in [0.05, 0.1) is 19.1 Å². The number of carbonyl (C=O) groups excluding carboxylic acids is 3. The maximum atomic E-state index is 13.3. The Bertz CT molecular complexity index is 1190. The molecule has 36 heavy (non-hydrogen) atoms. The Morgan fingerprint density at radius 1 is 0.861 bits per heavy atom. The highest BCUT2D eigenvalue weighted by molar-refractivity contribution is 5.91. The van der Waals surface area contributed by atoms with Crippen molar-refractivity contribution in [2.24, 2.45) is 23.2 Å². The third-order valence-electron chi connectivity index (χ3n) is 8.69. The first-order valence-electron chi connectivity index (χ1n) is 12.9. The molecule has 1 amide bonds. The highest BCUT2D eigenvalue weighted by Gasteiger charge is 2.83. The first kappa shape index (κ1) is 23.1. The molecule has 188 valence electrons. The van der Waals surface area contributed by atoms with E-state index in [4.69, 9.17) is 14.2 Å². The molecule has 6 rings (SSSR count). The smallest absolute Gasteiger partial charge is 0.408 e. The average molecular weight is 490 g/mol. The number of hydrogen-bond acceptors (Lipinski definition) is 6. The van der Waals surface area contributed by atoms with Gasteiger partial charge in [-0.25, -0.2) is 9.59 Å². The van der Waals surface area contributed by atoms with E-state index in [2.05, 4.69) is 29.6 Å². The van der Waals surface area contributed by atoms with Gasteiger partial charge in [-0.1, -0.05) is 48.5 Å². The molecule has 0 bridgehead atoms. The molecule has 0 unspecified atom stereocenters. The second-order valence-corrected chi connectivity index (χ2v) is 10.5. The Morgan fingerprint density at radius 2 is 1.47 bits per heavy atom. The molecule has 3 fully saturated rings. The Kier molecular flexibility index (Phi) is 5.36. The van der Waals surface area contributed by atoms with Crippen molar-refractivity contribution < 1.29 is 28.6 Å². The first-order chi connectivity index (χ1) is 17.5. The summed E-state index contributed by atoms with van der Waals surface area (Å²) in [6.45, 7) is 4.15. The minimum atomic E-state index is -1.27. The Hall–Kier alpha value is -3.35. The van der Waals surface area contributed by atoms with Crippen molar-refractivity contribution in [2.75, 3.05) is 19.8 Å². The molecule has 1 N–H and O–H groups in total. The van der Waals surface area contributed by atoms with E-state index in [9.17, 15) is 14.4 Å². The lowest BCUT2D eigenvalue weighted by Crippen LogP contribution is -2.57. The highest BCUT2D eigenvalue weighted by Crippen LogP contribution is 2.79. The van der Waals surface area contributed by atoms with Crippen molar-refractivity contribution in [3.05, 3.63) is 59.7 Å². The zero-order valence-electron chi connectivity index (χ0n) is 20.6. The van der Waals surface area contributed by atoms with E-state index < -0.39 is 17.6 Å². The van der Waals surface area contributed by atoms with Crippen molar-refractivity contribution in [2.45, 2.75) is 44.6 Å². The maximum Gasteiger partial charge on any atom is 0.408 e. The number of alkyl carbamates (subject to hydrolysis) is 1. The molecule has 2 aromatic rings. The quantitative estimate of drug-likeness (QED) is 0.457. The third-order valence-corrected chi connectivity index (χ3v) is 8.69. The van der Waals surface area contributed by atoms with Crippen LogP contribution in [0.25, 0.3) is 11.1 Å². The second-order valence-electron chi connectivity index (χ2n) is 10.5. The van der Waals surface area contributed by atoms with Gasteiger partial charge in [-0.3, -0.25) is 4.79 Å². The molecule has 3 saturated carbocycles. The molecule has 2 aromatic carbocycles. The van der Waals surface area contributed by atoms with Crippen LogP contribution >= 0.6 is 0 Å². The van der Waals surface area contributed by atoms with Crippen molar-refractivity contribution in [3.8, 4) is 11.1 Å². The lowest BCUT2D eigenvalue weighted by atomic mass is 9.85. The molecule has 7 nitrogen and oxygen atoms in total. The highest BCUT2D eigenvalue weighted by atomic mass is 16.6. The van der Waals surface area contributed by atoms with Gasteiger partial charge in [-0.05, 0) is 66.7 Å². The van der Waals surface area contributed by atoms with E-state index in [0.29, 0.717) is 6.42 Å². The zero-order chi connectivity index (χ0) is 25.1. The number of benzene rings is 2. The van der Waals surface area contributed by atoms with Crippen LogP contribution in [-0.2, 0) is 23.8 Å². The number of hydrogen-bond donors (Lipinski definition) is 1. The van der Waals surface area contributed by atoms with E-state index in [1.54, 1.807) is 13.8 Å². The minimum Gasteiger partial charge on any atom is -0.466 e. The van der Waals surface area contributed by atoms with Gasteiger partial charge >= 0.3 is 18.0 Å². The van der Waals surface area contributed by atoms with Gasteiger partial charge in [0.2, 0.25) is 0 Å². The van der Waals surface area contributed by atoms with E-state index in [0.717, 1.165) is 35.1 Å². The summed E-state index contributed by atoms with van der Waals surface area (Å²) in [5, 5.41) is 2.92. The first-order valence-corrected chi connectivity index (χ1v) is 12.9. The van der Waals surface area contributed by atoms with Gasteiger partial charge in [-0.2, -0.15) is 0 Å². The molecule has 7 heteroatoms. The van der Waals surface area contributed by atoms with Crippen LogP contribution < -0.4 is 5.32 Å². The topological polar surface area (TPSA) is 90.9 Å². The van der Waals surface area contributed by atoms with Crippen molar-refractivity contribution in [1.82, 2.24) is 5.32 Å². The summed E-state index contributed by atoms with van der Waals surface area (Å²) in [5.41, 5.74) is 3.16. The molecular formula is C29H31NO6. The fraction of sp³-hybridized carbons (Fsp3) is 0.483. The minimum absolute atomic E-state index is 0.0369.